The van der Waals surface area contributed by atoms with Gasteiger partial charge in [-0.15, -0.1) is 5.10 Å². The third-order valence-corrected chi connectivity index (χ3v) is 4.15. The zero-order valence-electron chi connectivity index (χ0n) is 12.8. The number of hydrogen-bond donors (Lipinski definition) is 2. The number of amides is 1. The first-order chi connectivity index (χ1) is 11.1. The Balaban J connectivity index is 1.77. The Morgan fingerprint density at radius 1 is 1.43 bits per heavy atom. The zero-order valence-corrected chi connectivity index (χ0v) is 13.7. The van der Waals surface area contributed by atoms with Crippen LogP contribution in [0, 0.1) is 5.82 Å². The van der Waals surface area contributed by atoms with Crippen molar-refractivity contribution in [1.29, 1.82) is 0 Å². The summed E-state index contributed by atoms with van der Waals surface area (Å²) < 4.78 is 15.0. The largest absolute Gasteiger partial charge is 0.355 e. The van der Waals surface area contributed by atoms with Crippen molar-refractivity contribution in [1.82, 2.24) is 20.1 Å². The molecule has 0 aliphatic rings. The number of aromatic amines is 1. The van der Waals surface area contributed by atoms with Gasteiger partial charge in [0.1, 0.15) is 5.82 Å². The molecular weight excluding hydrogens is 319 g/mol. The van der Waals surface area contributed by atoms with E-state index in [9.17, 15) is 14.0 Å². The van der Waals surface area contributed by atoms with Crippen molar-refractivity contribution in [2.24, 2.45) is 0 Å². The average Bonchev–Trinajstić information content (AvgIpc) is 2.88. The maximum absolute atomic E-state index is 13.4. The van der Waals surface area contributed by atoms with Gasteiger partial charge in [-0.1, -0.05) is 36.9 Å². The number of nitrogens with zero attached hydrogens (tertiary/aromatic N) is 2. The van der Waals surface area contributed by atoms with Crippen molar-refractivity contribution >= 4 is 17.7 Å². The summed E-state index contributed by atoms with van der Waals surface area (Å²) in [6.45, 7) is 2.89. The van der Waals surface area contributed by atoms with Gasteiger partial charge in [-0.05, 0) is 24.5 Å². The monoisotopic (exact) mass is 338 g/mol. The Labute approximate surface area is 137 Å². The summed E-state index contributed by atoms with van der Waals surface area (Å²) in [7, 11) is 0. The number of aromatic nitrogens is 3. The number of nitrogens with one attached hydrogen (secondary N) is 2. The minimum Gasteiger partial charge on any atom is -0.355 e. The van der Waals surface area contributed by atoms with Crippen molar-refractivity contribution < 1.29 is 9.18 Å². The molecule has 2 N–H and O–H groups in total. The van der Waals surface area contributed by atoms with E-state index in [2.05, 4.69) is 15.5 Å². The first-order valence-corrected chi connectivity index (χ1v) is 8.38. The van der Waals surface area contributed by atoms with Crippen molar-refractivity contribution in [2.75, 3.05) is 12.3 Å². The van der Waals surface area contributed by atoms with E-state index in [1.54, 1.807) is 18.2 Å². The molecule has 8 heteroatoms. The molecule has 2 rings (SSSR count). The number of hydrogen-bond acceptors (Lipinski definition) is 4. The van der Waals surface area contributed by atoms with Gasteiger partial charge in [-0.2, -0.15) is 0 Å². The molecule has 6 nitrogen and oxygen atoms in total. The number of H-pyrrole nitrogens is 1. The molecule has 0 aliphatic heterocycles. The minimum atomic E-state index is -0.269. The van der Waals surface area contributed by atoms with Crippen LogP contribution in [0.2, 0.25) is 0 Å². The highest BCUT2D eigenvalue weighted by Gasteiger charge is 2.10. The highest BCUT2D eigenvalue weighted by molar-refractivity contribution is 7.99. The van der Waals surface area contributed by atoms with Crippen LogP contribution in [0.4, 0.5) is 4.39 Å². The molecule has 0 fully saturated rings. The number of halogens is 1. The quantitative estimate of drug-likeness (QED) is 0.716. The molecule has 1 aromatic heterocycles. The molecule has 124 valence electrons. The molecule has 1 aromatic carbocycles. The standard InChI is InChI=1S/C15H19FN4O2S/c1-2-9-20-14(22)18-19-15(20)23-10-13(21)17-8-7-11-5-3-4-6-12(11)16/h3-6H,2,7-10H2,1H3,(H,17,21)(H,18,22). The zero-order chi connectivity index (χ0) is 16.7. The second kappa shape index (κ2) is 8.52. The molecule has 0 saturated carbocycles. The average molecular weight is 338 g/mol. The predicted molar refractivity (Wildman–Crippen MR) is 87.0 cm³/mol. The fourth-order valence-corrected chi connectivity index (χ4v) is 2.86. The molecule has 1 amide bonds. The first kappa shape index (κ1) is 17.3. The Kier molecular flexibility index (Phi) is 6.40. The highest BCUT2D eigenvalue weighted by atomic mass is 32.2. The van der Waals surface area contributed by atoms with Crippen molar-refractivity contribution in [3.63, 3.8) is 0 Å². The Hall–Kier alpha value is -2.09. The third kappa shape index (κ3) is 4.95. The van der Waals surface area contributed by atoms with Gasteiger partial charge in [0, 0.05) is 13.1 Å². The molecule has 0 bridgehead atoms. The van der Waals surface area contributed by atoms with Gasteiger partial charge in [0.2, 0.25) is 5.91 Å². The fraction of sp³-hybridized carbons (Fsp3) is 0.400. The second-order valence-corrected chi connectivity index (χ2v) is 5.89. The van der Waals surface area contributed by atoms with E-state index in [1.807, 2.05) is 6.92 Å². The van der Waals surface area contributed by atoms with E-state index >= 15 is 0 Å². The number of carbonyl (C=O) groups excluding carboxylic acids is 1. The van der Waals surface area contributed by atoms with Crippen molar-refractivity contribution in [2.45, 2.75) is 31.5 Å². The van der Waals surface area contributed by atoms with Crippen LogP contribution in [0.3, 0.4) is 0 Å². The van der Waals surface area contributed by atoms with Gasteiger partial charge in [0.15, 0.2) is 5.16 Å². The lowest BCUT2D eigenvalue weighted by Gasteiger charge is -2.06. The van der Waals surface area contributed by atoms with Crippen molar-refractivity contribution in [3.05, 3.63) is 46.1 Å². The summed E-state index contributed by atoms with van der Waals surface area (Å²) in [6.07, 6.45) is 1.24. The van der Waals surface area contributed by atoms with Gasteiger partial charge in [0.25, 0.3) is 0 Å². The van der Waals surface area contributed by atoms with E-state index in [4.69, 9.17) is 0 Å². The molecule has 0 unspecified atom stereocenters. The van der Waals surface area contributed by atoms with Crippen LogP contribution < -0.4 is 11.0 Å². The summed E-state index contributed by atoms with van der Waals surface area (Å²) in [5, 5.41) is 9.52. The van der Waals surface area contributed by atoms with Crippen LogP contribution in [0.5, 0.6) is 0 Å². The molecular formula is C15H19FN4O2S. The van der Waals surface area contributed by atoms with Gasteiger partial charge in [-0.3, -0.25) is 9.36 Å². The van der Waals surface area contributed by atoms with E-state index in [-0.39, 0.29) is 23.2 Å². The maximum atomic E-state index is 13.4. The molecule has 0 atom stereocenters. The van der Waals surface area contributed by atoms with Crippen LogP contribution in [-0.2, 0) is 17.8 Å². The smallest absolute Gasteiger partial charge is 0.343 e. The normalized spacial score (nSPS) is 10.7. The lowest BCUT2D eigenvalue weighted by atomic mass is 10.1. The summed E-state index contributed by atoms with van der Waals surface area (Å²) in [5.41, 5.74) is 0.304. The van der Waals surface area contributed by atoms with Crippen LogP contribution in [-0.4, -0.2) is 33.0 Å². The van der Waals surface area contributed by atoms with E-state index < -0.39 is 0 Å². The predicted octanol–water partition coefficient (Wildman–Crippen LogP) is 1.57. The Bertz CT molecular complexity index is 713. The molecule has 2 aromatic rings. The summed E-state index contributed by atoms with van der Waals surface area (Å²) in [6, 6.07) is 6.50. The number of benzene rings is 1. The molecule has 0 spiro atoms. The molecule has 0 aliphatic carbocycles. The number of carbonyl (C=O) groups is 1. The summed E-state index contributed by atoms with van der Waals surface area (Å²) in [5.74, 6) is -0.285. The number of thioether (sulfide) groups is 1. The Morgan fingerprint density at radius 2 is 2.22 bits per heavy atom. The summed E-state index contributed by atoms with van der Waals surface area (Å²) >= 11 is 1.20. The molecule has 1 heterocycles. The topological polar surface area (TPSA) is 79.8 Å². The first-order valence-electron chi connectivity index (χ1n) is 7.40. The lowest BCUT2D eigenvalue weighted by Crippen LogP contribution is -2.27. The molecule has 0 saturated heterocycles. The van der Waals surface area contributed by atoms with E-state index in [0.717, 1.165) is 6.42 Å². The Morgan fingerprint density at radius 3 is 2.96 bits per heavy atom. The van der Waals surface area contributed by atoms with Crippen molar-refractivity contribution in [3.8, 4) is 0 Å². The fourth-order valence-electron chi connectivity index (χ4n) is 2.05. The van der Waals surface area contributed by atoms with Gasteiger partial charge in [-0.25, -0.2) is 14.3 Å². The van der Waals surface area contributed by atoms with Gasteiger partial charge in [0.05, 0.1) is 5.75 Å². The van der Waals surface area contributed by atoms with Crippen LogP contribution in [0.15, 0.2) is 34.2 Å². The van der Waals surface area contributed by atoms with Crippen LogP contribution in [0.25, 0.3) is 0 Å². The number of rotatable bonds is 8. The molecule has 0 radical (unpaired) electrons. The van der Waals surface area contributed by atoms with Crippen LogP contribution in [0.1, 0.15) is 18.9 Å². The SMILES string of the molecule is CCCn1c(SCC(=O)NCCc2ccccc2F)n[nH]c1=O. The van der Waals surface area contributed by atoms with E-state index in [1.165, 1.54) is 22.4 Å². The third-order valence-electron chi connectivity index (χ3n) is 3.18. The lowest BCUT2D eigenvalue weighted by molar-refractivity contribution is -0.118. The second-order valence-electron chi connectivity index (χ2n) is 4.94. The van der Waals surface area contributed by atoms with E-state index in [0.29, 0.717) is 30.2 Å². The van der Waals surface area contributed by atoms with Gasteiger partial charge >= 0.3 is 5.69 Å². The van der Waals surface area contributed by atoms with Crippen LogP contribution >= 0.6 is 11.8 Å². The molecule has 23 heavy (non-hydrogen) atoms. The minimum absolute atomic E-state index is 0.158. The summed E-state index contributed by atoms with van der Waals surface area (Å²) in [4.78, 5) is 23.3. The van der Waals surface area contributed by atoms with Gasteiger partial charge < -0.3 is 5.32 Å². The maximum Gasteiger partial charge on any atom is 0.343 e. The highest BCUT2D eigenvalue weighted by Crippen LogP contribution is 2.13.